The fourth-order valence-electron chi connectivity index (χ4n) is 4.14. The summed E-state index contributed by atoms with van der Waals surface area (Å²) in [5, 5.41) is 0. The number of rotatable bonds is 11. The van der Waals surface area contributed by atoms with Crippen LogP contribution in [0, 0.1) is 0 Å². The van der Waals surface area contributed by atoms with Gasteiger partial charge in [0.1, 0.15) is 5.76 Å². The molecule has 1 aliphatic heterocycles. The fourth-order valence-corrected chi connectivity index (χ4v) is 4.14. The molecule has 0 radical (unpaired) electrons. The first-order chi connectivity index (χ1) is 15.1. The molecule has 0 saturated carbocycles. The maximum absolute atomic E-state index is 13.4. The van der Waals surface area contributed by atoms with Crippen LogP contribution in [0.3, 0.4) is 0 Å². The Balaban J connectivity index is 1.73. The molecule has 0 spiro atoms. The van der Waals surface area contributed by atoms with E-state index in [2.05, 4.69) is 0 Å². The second-order valence-corrected chi connectivity index (χ2v) is 8.12. The summed E-state index contributed by atoms with van der Waals surface area (Å²) in [4.78, 5) is 30.2. The summed E-state index contributed by atoms with van der Waals surface area (Å²) in [5.74, 6) is 0.434. The van der Waals surface area contributed by atoms with Gasteiger partial charge in [-0.1, -0.05) is 44.2 Å². The smallest absolute Gasteiger partial charge is 0.242 e. The van der Waals surface area contributed by atoms with E-state index in [1.165, 1.54) is 0 Å². The van der Waals surface area contributed by atoms with Crippen LogP contribution in [0.5, 0.6) is 0 Å². The van der Waals surface area contributed by atoms with E-state index in [1.807, 2.05) is 56.3 Å². The Hall–Kier alpha value is -2.60. The molecule has 2 heterocycles. The molecule has 1 aromatic carbocycles. The Bertz CT molecular complexity index is 800. The molecule has 168 valence electrons. The van der Waals surface area contributed by atoms with E-state index in [1.54, 1.807) is 16.1 Å². The van der Waals surface area contributed by atoms with E-state index < -0.39 is 0 Å². The lowest BCUT2D eigenvalue weighted by molar-refractivity contribution is -0.142. The molecule has 0 N–H and O–H groups in total. The quantitative estimate of drug-likeness (QED) is 0.540. The lowest BCUT2D eigenvalue weighted by Crippen LogP contribution is -2.46. The van der Waals surface area contributed by atoms with Crippen LogP contribution in [0.4, 0.5) is 0 Å². The van der Waals surface area contributed by atoms with Crippen molar-refractivity contribution in [3.8, 4) is 0 Å². The van der Waals surface area contributed by atoms with Crippen LogP contribution >= 0.6 is 0 Å². The molecule has 1 aromatic heterocycles. The SMILES string of the molecule is CCCN(CC(=O)N(Cc1ccco1)CC1CCCO1)C(=O)C(CC)c1ccccc1. The largest absolute Gasteiger partial charge is 0.467 e. The van der Waals surface area contributed by atoms with Crippen LogP contribution in [0.2, 0.25) is 0 Å². The van der Waals surface area contributed by atoms with E-state index >= 15 is 0 Å². The Kier molecular flexibility index (Phi) is 8.71. The van der Waals surface area contributed by atoms with Gasteiger partial charge < -0.3 is 19.0 Å². The van der Waals surface area contributed by atoms with Crippen molar-refractivity contribution in [1.82, 2.24) is 9.80 Å². The molecular weight excluding hydrogens is 392 g/mol. The number of furan rings is 1. The number of benzene rings is 1. The molecule has 1 saturated heterocycles. The third-order valence-electron chi connectivity index (χ3n) is 5.77. The first-order valence-corrected chi connectivity index (χ1v) is 11.4. The van der Waals surface area contributed by atoms with Gasteiger partial charge in [-0.15, -0.1) is 0 Å². The highest BCUT2D eigenvalue weighted by Gasteiger charge is 2.29. The third-order valence-corrected chi connectivity index (χ3v) is 5.77. The fraction of sp³-hybridized carbons (Fsp3) is 0.520. The van der Waals surface area contributed by atoms with E-state index in [9.17, 15) is 9.59 Å². The molecule has 3 rings (SSSR count). The predicted molar refractivity (Wildman–Crippen MR) is 119 cm³/mol. The summed E-state index contributed by atoms with van der Waals surface area (Å²) in [6.07, 6.45) is 5.12. The minimum Gasteiger partial charge on any atom is -0.467 e. The van der Waals surface area contributed by atoms with Crippen LogP contribution in [-0.4, -0.2) is 54.0 Å². The molecule has 0 aliphatic carbocycles. The molecule has 6 heteroatoms. The number of carbonyl (C=O) groups is 2. The van der Waals surface area contributed by atoms with Gasteiger partial charge in [0.2, 0.25) is 11.8 Å². The summed E-state index contributed by atoms with van der Waals surface area (Å²) in [7, 11) is 0. The van der Waals surface area contributed by atoms with Gasteiger partial charge in [0, 0.05) is 19.7 Å². The lowest BCUT2D eigenvalue weighted by Gasteiger charge is -2.30. The predicted octanol–water partition coefficient (Wildman–Crippen LogP) is 4.22. The average Bonchev–Trinajstić information content (AvgIpc) is 3.48. The van der Waals surface area contributed by atoms with E-state index in [0.29, 0.717) is 26.1 Å². The second-order valence-electron chi connectivity index (χ2n) is 8.12. The summed E-state index contributed by atoms with van der Waals surface area (Å²) < 4.78 is 11.2. The topological polar surface area (TPSA) is 63.0 Å². The highest BCUT2D eigenvalue weighted by atomic mass is 16.5. The van der Waals surface area contributed by atoms with Crippen molar-refractivity contribution in [1.29, 1.82) is 0 Å². The highest BCUT2D eigenvalue weighted by Crippen LogP contribution is 2.23. The standard InChI is InChI=1S/C25H34N2O4/c1-3-14-26(25(29)23(4-2)20-10-6-5-7-11-20)19-24(28)27(17-21-12-8-15-30-21)18-22-13-9-16-31-22/h5-8,10-12,15,22-23H,3-4,9,13-14,16-19H2,1-2H3. The Labute approximate surface area is 185 Å². The Morgan fingerprint density at radius 2 is 1.90 bits per heavy atom. The van der Waals surface area contributed by atoms with Crippen molar-refractivity contribution in [2.24, 2.45) is 0 Å². The third kappa shape index (κ3) is 6.44. The minimum absolute atomic E-state index is 0.0129. The molecule has 31 heavy (non-hydrogen) atoms. The van der Waals surface area contributed by atoms with E-state index in [-0.39, 0.29) is 30.4 Å². The minimum atomic E-state index is -0.239. The van der Waals surface area contributed by atoms with Gasteiger partial charge >= 0.3 is 0 Å². The van der Waals surface area contributed by atoms with Crippen molar-refractivity contribution >= 4 is 11.8 Å². The van der Waals surface area contributed by atoms with Gasteiger partial charge in [0.05, 0.1) is 31.4 Å². The molecule has 2 atom stereocenters. The first kappa shape index (κ1) is 23.1. The number of hydrogen-bond acceptors (Lipinski definition) is 4. The molecule has 2 unspecified atom stereocenters. The van der Waals surface area contributed by atoms with Crippen molar-refractivity contribution < 1.29 is 18.7 Å². The van der Waals surface area contributed by atoms with Gasteiger partial charge in [-0.25, -0.2) is 0 Å². The zero-order valence-electron chi connectivity index (χ0n) is 18.7. The number of ether oxygens (including phenoxy) is 1. The number of nitrogens with zero attached hydrogens (tertiary/aromatic N) is 2. The molecule has 1 aliphatic rings. The highest BCUT2D eigenvalue weighted by molar-refractivity contribution is 5.88. The molecule has 2 aromatic rings. The monoisotopic (exact) mass is 426 g/mol. The molecule has 0 bridgehead atoms. The van der Waals surface area contributed by atoms with Crippen LogP contribution < -0.4 is 0 Å². The Morgan fingerprint density at radius 1 is 1.10 bits per heavy atom. The second kappa shape index (κ2) is 11.7. The zero-order valence-corrected chi connectivity index (χ0v) is 18.7. The molecular formula is C25H34N2O4. The van der Waals surface area contributed by atoms with Crippen LogP contribution in [0.15, 0.2) is 53.1 Å². The number of amides is 2. The van der Waals surface area contributed by atoms with Crippen LogP contribution in [0.25, 0.3) is 0 Å². The van der Waals surface area contributed by atoms with Crippen molar-refractivity contribution in [2.75, 3.05) is 26.2 Å². The summed E-state index contributed by atoms with van der Waals surface area (Å²) in [6, 6.07) is 13.5. The summed E-state index contributed by atoms with van der Waals surface area (Å²) >= 11 is 0. The maximum Gasteiger partial charge on any atom is 0.242 e. The molecule has 6 nitrogen and oxygen atoms in total. The Morgan fingerprint density at radius 3 is 2.52 bits per heavy atom. The normalized spacial score (nSPS) is 16.8. The van der Waals surface area contributed by atoms with Gasteiger partial charge in [0.25, 0.3) is 0 Å². The van der Waals surface area contributed by atoms with Crippen LogP contribution in [0.1, 0.15) is 56.8 Å². The summed E-state index contributed by atoms with van der Waals surface area (Å²) in [5.41, 5.74) is 0.996. The average molecular weight is 427 g/mol. The van der Waals surface area contributed by atoms with E-state index in [4.69, 9.17) is 9.15 Å². The van der Waals surface area contributed by atoms with E-state index in [0.717, 1.165) is 37.2 Å². The zero-order chi connectivity index (χ0) is 22.1. The maximum atomic E-state index is 13.4. The van der Waals surface area contributed by atoms with Crippen molar-refractivity contribution in [3.05, 3.63) is 60.1 Å². The van der Waals surface area contributed by atoms with Gasteiger partial charge in [-0.3, -0.25) is 9.59 Å². The number of carbonyl (C=O) groups excluding carboxylic acids is 2. The molecule has 1 fully saturated rings. The number of hydrogen-bond donors (Lipinski definition) is 0. The van der Waals surface area contributed by atoms with Crippen LogP contribution in [-0.2, 0) is 20.9 Å². The van der Waals surface area contributed by atoms with Gasteiger partial charge in [-0.05, 0) is 43.4 Å². The van der Waals surface area contributed by atoms with Crippen molar-refractivity contribution in [2.45, 2.75) is 58.1 Å². The van der Waals surface area contributed by atoms with Gasteiger partial charge in [0.15, 0.2) is 0 Å². The first-order valence-electron chi connectivity index (χ1n) is 11.4. The van der Waals surface area contributed by atoms with Crippen molar-refractivity contribution in [3.63, 3.8) is 0 Å². The summed E-state index contributed by atoms with van der Waals surface area (Å²) in [6.45, 7) is 6.32. The lowest BCUT2D eigenvalue weighted by atomic mass is 9.95. The molecule has 2 amide bonds. The van der Waals surface area contributed by atoms with Gasteiger partial charge in [-0.2, -0.15) is 0 Å².